The number of piperidine rings is 1. The molecule has 0 aromatic carbocycles. The standard InChI is InChI=1S/C14H22N2O2S/c1-3-11-6-8-16(9-7-11)14-15-12(10-19-14)4-5-13(17)18-2/h10-11H,3-9H2,1-2H3. The largest absolute Gasteiger partial charge is 0.469 e. The second-order valence-electron chi connectivity index (χ2n) is 5.04. The summed E-state index contributed by atoms with van der Waals surface area (Å²) in [5, 5.41) is 3.17. The summed E-state index contributed by atoms with van der Waals surface area (Å²) in [4.78, 5) is 18.1. The molecule has 0 saturated carbocycles. The molecular weight excluding hydrogens is 260 g/mol. The van der Waals surface area contributed by atoms with Crippen molar-refractivity contribution in [2.24, 2.45) is 5.92 Å². The summed E-state index contributed by atoms with van der Waals surface area (Å²) in [5.74, 6) is 0.716. The van der Waals surface area contributed by atoms with Crippen molar-refractivity contribution in [3.63, 3.8) is 0 Å². The lowest BCUT2D eigenvalue weighted by Crippen LogP contribution is -2.33. The summed E-state index contributed by atoms with van der Waals surface area (Å²) in [6, 6.07) is 0. The molecule has 19 heavy (non-hydrogen) atoms. The van der Waals surface area contributed by atoms with Crippen molar-refractivity contribution in [1.82, 2.24) is 4.98 Å². The third-order valence-corrected chi connectivity index (χ3v) is 4.77. The van der Waals surface area contributed by atoms with Gasteiger partial charge in [-0.2, -0.15) is 0 Å². The van der Waals surface area contributed by atoms with Crippen LogP contribution < -0.4 is 4.90 Å². The van der Waals surface area contributed by atoms with Crippen LogP contribution in [0, 0.1) is 5.92 Å². The topological polar surface area (TPSA) is 42.4 Å². The Bertz CT molecular complexity index is 411. The number of thiazole rings is 1. The van der Waals surface area contributed by atoms with Crippen LogP contribution in [0.2, 0.25) is 0 Å². The van der Waals surface area contributed by atoms with Gasteiger partial charge >= 0.3 is 5.97 Å². The maximum atomic E-state index is 11.1. The molecule has 2 heterocycles. The number of aromatic nitrogens is 1. The Morgan fingerprint density at radius 2 is 2.26 bits per heavy atom. The second-order valence-corrected chi connectivity index (χ2v) is 5.87. The van der Waals surface area contributed by atoms with Gasteiger partial charge in [-0.05, 0) is 18.8 Å². The molecule has 0 unspecified atom stereocenters. The lowest BCUT2D eigenvalue weighted by molar-refractivity contribution is -0.140. The van der Waals surface area contributed by atoms with E-state index in [0.29, 0.717) is 12.8 Å². The number of ether oxygens (including phenoxy) is 1. The van der Waals surface area contributed by atoms with Crippen molar-refractivity contribution in [2.75, 3.05) is 25.1 Å². The first kappa shape index (κ1) is 14.3. The normalized spacial score (nSPS) is 16.6. The molecule has 1 aliphatic rings. The SMILES string of the molecule is CCC1CCN(c2nc(CCC(=O)OC)cs2)CC1. The van der Waals surface area contributed by atoms with Gasteiger partial charge in [-0.1, -0.05) is 13.3 Å². The van der Waals surface area contributed by atoms with Gasteiger partial charge in [0.1, 0.15) is 0 Å². The van der Waals surface area contributed by atoms with Crippen molar-refractivity contribution in [1.29, 1.82) is 0 Å². The highest BCUT2D eigenvalue weighted by Crippen LogP contribution is 2.27. The third kappa shape index (κ3) is 3.93. The number of anilines is 1. The van der Waals surface area contributed by atoms with E-state index in [1.807, 2.05) is 0 Å². The Balaban J connectivity index is 1.85. The maximum Gasteiger partial charge on any atom is 0.305 e. The van der Waals surface area contributed by atoms with Gasteiger partial charge in [0.05, 0.1) is 19.2 Å². The molecule has 5 heteroatoms. The van der Waals surface area contributed by atoms with E-state index in [9.17, 15) is 4.79 Å². The molecule has 1 fully saturated rings. The quantitative estimate of drug-likeness (QED) is 0.779. The third-order valence-electron chi connectivity index (χ3n) is 3.81. The van der Waals surface area contributed by atoms with Gasteiger partial charge in [-0.3, -0.25) is 4.79 Å². The first-order chi connectivity index (χ1) is 9.22. The molecule has 0 radical (unpaired) electrons. The number of hydrogen-bond acceptors (Lipinski definition) is 5. The van der Waals surface area contributed by atoms with Crippen molar-refractivity contribution >= 4 is 22.4 Å². The number of carbonyl (C=O) groups excluding carboxylic acids is 1. The van der Waals surface area contributed by atoms with Crippen molar-refractivity contribution < 1.29 is 9.53 Å². The van der Waals surface area contributed by atoms with Gasteiger partial charge in [0.15, 0.2) is 5.13 Å². The Kier molecular flexibility index (Phi) is 5.19. The van der Waals surface area contributed by atoms with Crippen molar-refractivity contribution in [2.45, 2.75) is 39.0 Å². The van der Waals surface area contributed by atoms with E-state index in [1.165, 1.54) is 26.4 Å². The fraction of sp³-hybridized carbons (Fsp3) is 0.714. The van der Waals surface area contributed by atoms with Gasteiger partial charge in [-0.15, -0.1) is 11.3 Å². The van der Waals surface area contributed by atoms with Gasteiger partial charge < -0.3 is 9.64 Å². The Hall–Kier alpha value is -1.10. The molecular formula is C14H22N2O2S. The Morgan fingerprint density at radius 1 is 1.53 bits per heavy atom. The number of hydrogen-bond donors (Lipinski definition) is 0. The predicted molar refractivity (Wildman–Crippen MR) is 77.7 cm³/mol. The van der Waals surface area contributed by atoms with E-state index in [2.05, 4.69) is 26.9 Å². The molecule has 0 aliphatic carbocycles. The molecule has 0 bridgehead atoms. The Morgan fingerprint density at radius 3 is 2.89 bits per heavy atom. The average Bonchev–Trinajstić information content (AvgIpc) is 2.93. The summed E-state index contributed by atoms with van der Waals surface area (Å²) in [7, 11) is 1.42. The average molecular weight is 282 g/mol. The highest BCUT2D eigenvalue weighted by Gasteiger charge is 2.20. The lowest BCUT2D eigenvalue weighted by Gasteiger charge is -2.31. The molecule has 0 N–H and O–H groups in total. The van der Waals surface area contributed by atoms with Gasteiger partial charge in [0.25, 0.3) is 0 Å². The van der Waals surface area contributed by atoms with Crippen LogP contribution in [0.15, 0.2) is 5.38 Å². The van der Waals surface area contributed by atoms with Crippen LogP contribution in [0.1, 0.15) is 38.3 Å². The number of rotatable bonds is 5. The van der Waals surface area contributed by atoms with Crippen molar-refractivity contribution in [3.05, 3.63) is 11.1 Å². The summed E-state index contributed by atoms with van der Waals surface area (Å²) in [6.45, 7) is 4.50. The first-order valence-corrected chi connectivity index (χ1v) is 7.87. The van der Waals surface area contributed by atoms with Crippen LogP contribution in [0.25, 0.3) is 0 Å². The fourth-order valence-corrected chi connectivity index (χ4v) is 3.33. The van der Waals surface area contributed by atoms with Crippen LogP contribution in [0.4, 0.5) is 5.13 Å². The first-order valence-electron chi connectivity index (χ1n) is 6.99. The second kappa shape index (κ2) is 6.89. The minimum absolute atomic E-state index is 0.168. The van der Waals surface area contributed by atoms with E-state index < -0.39 is 0 Å². The molecule has 1 aromatic rings. The zero-order valence-electron chi connectivity index (χ0n) is 11.7. The van der Waals surface area contributed by atoms with Crippen LogP contribution in [0.5, 0.6) is 0 Å². The van der Waals surface area contributed by atoms with Crippen LogP contribution in [-0.2, 0) is 16.0 Å². The Labute approximate surface area is 118 Å². The van der Waals surface area contributed by atoms with Gasteiger partial charge in [0.2, 0.25) is 0 Å². The molecule has 0 spiro atoms. The summed E-state index contributed by atoms with van der Waals surface area (Å²) in [6.07, 6.45) is 4.92. The number of aryl methyl sites for hydroxylation is 1. The van der Waals surface area contributed by atoms with Gasteiger partial charge in [0, 0.05) is 24.9 Å². The molecule has 4 nitrogen and oxygen atoms in total. The minimum atomic E-state index is -0.168. The molecule has 1 aromatic heterocycles. The number of esters is 1. The maximum absolute atomic E-state index is 11.1. The zero-order valence-corrected chi connectivity index (χ0v) is 12.5. The smallest absolute Gasteiger partial charge is 0.305 e. The minimum Gasteiger partial charge on any atom is -0.469 e. The predicted octanol–water partition coefficient (Wildman–Crippen LogP) is 2.88. The van der Waals surface area contributed by atoms with Crippen LogP contribution in [-0.4, -0.2) is 31.2 Å². The molecule has 106 valence electrons. The van der Waals surface area contributed by atoms with E-state index in [-0.39, 0.29) is 5.97 Å². The van der Waals surface area contributed by atoms with E-state index >= 15 is 0 Å². The summed E-state index contributed by atoms with van der Waals surface area (Å²) >= 11 is 1.69. The summed E-state index contributed by atoms with van der Waals surface area (Å²) in [5.41, 5.74) is 1.00. The fourth-order valence-electron chi connectivity index (χ4n) is 2.42. The van der Waals surface area contributed by atoms with E-state index in [1.54, 1.807) is 11.3 Å². The molecule has 2 rings (SSSR count). The van der Waals surface area contributed by atoms with Crippen LogP contribution >= 0.6 is 11.3 Å². The monoisotopic (exact) mass is 282 g/mol. The van der Waals surface area contributed by atoms with E-state index in [4.69, 9.17) is 0 Å². The van der Waals surface area contributed by atoms with Crippen molar-refractivity contribution in [3.8, 4) is 0 Å². The highest BCUT2D eigenvalue weighted by atomic mass is 32.1. The lowest BCUT2D eigenvalue weighted by atomic mass is 9.95. The zero-order chi connectivity index (χ0) is 13.7. The molecule has 0 amide bonds. The number of methoxy groups -OCH3 is 1. The van der Waals surface area contributed by atoms with Gasteiger partial charge in [-0.25, -0.2) is 4.98 Å². The highest BCUT2D eigenvalue weighted by molar-refractivity contribution is 7.13. The summed E-state index contributed by atoms with van der Waals surface area (Å²) < 4.78 is 4.65. The number of nitrogens with zero attached hydrogens (tertiary/aromatic N) is 2. The van der Waals surface area contributed by atoms with Crippen LogP contribution in [0.3, 0.4) is 0 Å². The molecule has 1 saturated heterocycles. The molecule has 1 aliphatic heterocycles. The van der Waals surface area contributed by atoms with E-state index in [0.717, 1.165) is 29.8 Å². The number of carbonyl (C=O) groups is 1. The molecule has 0 atom stereocenters.